The maximum atomic E-state index is 12.6. The van der Waals surface area contributed by atoms with Crippen LogP contribution < -0.4 is 4.74 Å². The summed E-state index contributed by atoms with van der Waals surface area (Å²) in [5.74, 6) is 1.88. The SMILES string of the molecule is COc1ccc(CCC(=O)N2CCN(Cc3csc(-c4ccco4)n3)CC2)cc1. The highest BCUT2D eigenvalue weighted by Crippen LogP contribution is 2.24. The van der Waals surface area contributed by atoms with Gasteiger partial charge in [0.2, 0.25) is 5.91 Å². The summed E-state index contributed by atoms with van der Waals surface area (Å²) in [5.41, 5.74) is 2.22. The number of methoxy groups -OCH3 is 1. The molecule has 0 atom stereocenters. The first-order valence-electron chi connectivity index (χ1n) is 9.82. The van der Waals surface area contributed by atoms with Crippen LogP contribution in [-0.2, 0) is 17.8 Å². The van der Waals surface area contributed by atoms with E-state index in [0.29, 0.717) is 6.42 Å². The summed E-state index contributed by atoms with van der Waals surface area (Å²) in [4.78, 5) is 21.6. The number of aromatic nitrogens is 1. The van der Waals surface area contributed by atoms with Crippen LogP contribution >= 0.6 is 11.3 Å². The summed E-state index contributed by atoms with van der Waals surface area (Å²) in [6.45, 7) is 4.11. The van der Waals surface area contributed by atoms with Gasteiger partial charge in [0.1, 0.15) is 5.75 Å². The monoisotopic (exact) mass is 411 g/mol. The van der Waals surface area contributed by atoms with Crippen molar-refractivity contribution >= 4 is 17.2 Å². The Hall–Kier alpha value is -2.64. The van der Waals surface area contributed by atoms with Crippen molar-refractivity contribution in [1.82, 2.24) is 14.8 Å². The standard InChI is InChI=1S/C22H25N3O3S/c1-27-19-7-4-17(5-8-19)6-9-21(26)25-12-10-24(11-13-25)15-18-16-29-22(23-18)20-3-2-14-28-20/h2-5,7-8,14,16H,6,9-13,15H2,1H3. The van der Waals surface area contributed by atoms with Crippen LogP contribution in [0.2, 0.25) is 0 Å². The number of aryl methyl sites for hydroxylation is 1. The number of amides is 1. The third-order valence-electron chi connectivity index (χ3n) is 5.18. The Morgan fingerprint density at radius 3 is 2.66 bits per heavy atom. The predicted molar refractivity (Wildman–Crippen MR) is 113 cm³/mol. The van der Waals surface area contributed by atoms with E-state index in [1.54, 1.807) is 24.7 Å². The molecule has 1 fully saturated rings. The maximum absolute atomic E-state index is 12.6. The van der Waals surface area contributed by atoms with Gasteiger partial charge in [0.15, 0.2) is 10.8 Å². The average molecular weight is 412 g/mol. The molecule has 29 heavy (non-hydrogen) atoms. The summed E-state index contributed by atoms with van der Waals surface area (Å²) >= 11 is 1.60. The number of rotatable bonds is 7. The zero-order chi connectivity index (χ0) is 20.1. The van der Waals surface area contributed by atoms with Gasteiger partial charge in [0.25, 0.3) is 0 Å². The van der Waals surface area contributed by atoms with Gasteiger partial charge >= 0.3 is 0 Å². The van der Waals surface area contributed by atoms with Crippen molar-refractivity contribution in [3.63, 3.8) is 0 Å². The van der Waals surface area contributed by atoms with E-state index < -0.39 is 0 Å². The quantitative estimate of drug-likeness (QED) is 0.593. The normalized spacial score (nSPS) is 14.9. The fourth-order valence-electron chi connectivity index (χ4n) is 3.48. The molecule has 0 radical (unpaired) electrons. The minimum atomic E-state index is 0.231. The number of piperazine rings is 1. The van der Waals surface area contributed by atoms with Crippen LogP contribution in [0.3, 0.4) is 0 Å². The van der Waals surface area contributed by atoms with Crippen LogP contribution in [-0.4, -0.2) is 54.0 Å². The minimum Gasteiger partial charge on any atom is -0.497 e. The molecule has 6 nitrogen and oxygen atoms in total. The third kappa shape index (κ3) is 5.05. The van der Waals surface area contributed by atoms with E-state index in [0.717, 1.165) is 66.9 Å². The Labute approximate surface area is 174 Å². The Balaban J connectivity index is 1.22. The van der Waals surface area contributed by atoms with Gasteiger partial charge in [-0.3, -0.25) is 9.69 Å². The number of hydrogen-bond acceptors (Lipinski definition) is 6. The van der Waals surface area contributed by atoms with Gasteiger partial charge in [-0.15, -0.1) is 11.3 Å². The van der Waals surface area contributed by atoms with Gasteiger partial charge in [-0.25, -0.2) is 4.98 Å². The lowest BCUT2D eigenvalue weighted by molar-refractivity contribution is -0.133. The summed E-state index contributed by atoms with van der Waals surface area (Å²) < 4.78 is 10.6. The fourth-order valence-corrected chi connectivity index (χ4v) is 4.26. The van der Waals surface area contributed by atoms with E-state index >= 15 is 0 Å². The second-order valence-electron chi connectivity index (χ2n) is 7.13. The predicted octanol–water partition coefficient (Wildman–Crippen LogP) is 3.69. The van der Waals surface area contributed by atoms with Crippen molar-refractivity contribution < 1.29 is 13.9 Å². The van der Waals surface area contributed by atoms with Gasteiger partial charge in [-0.1, -0.05) is 12.1 Å². The van der Waals surface area contributed by atoms with Gasteiger partial charge in [0, 0.05) is 44.5 Å². The van der Waals surface area contributed by atoms with E-state index in [1.807, 2.05) is 41.3 Å². The van der Waals surface area contributed by atoms with Crippen molar-refractivity contribution in [3.8, 4) is 16.5 Å². The minimum absolute atomic E-state index is 0.231. The lowest BCUT2D eigenvalue weighted by atomic mass is 10.1. The molecule has 1 saturated heterocycles. The molecule has 4 rings (SSSR count). The average Bonchev–Trinajstić information content (AvgIpc) is 3.45. The van der Waals surface area contributed by atoms with E-state index in [-0.39, 0.29) is 5.91 Å². The van der Waals surface area contributed by atoms with Crippen molar-refractivity contribution in [2.75, 3.05) is 33.3 Å². The van der Waals surface area contributed by atoms with Gasteiger partial charge in [-0.2, -0.15) is 0 Å². The van der Waals surface area contributed by atoms with Crippen molar-refractivity contribution in [1.29, 1.82) is 0 Å². The van der Waals surface area contributed by atoms with Crippen LogP contribution in [0.1, 0.15) is 17.7 Å². The first-order valence-corrected chi connectivity index (χ1v) is 10.7. The highest BCUT2D eigenvalue weighted by Gasteiger charge is 2.21. The molecule has 2 aromatic heterocycles. The van der Waals surface area contributed by atoms with E-state index in [2.05, 4.69) is 15.3 Å². The molecule has 3 heterocycles. The molecule has 0 aliphatic carbocycles. The lowest BCUT2D eigenvalue weighted by Crippen LogP contribution is -2.48. The second-order valence-corrected chi connectivity index (χ2v) is 7.98. The molecule has 1 aliphatic rings. The number of furan rings is 1. The fraction of sp³-hybridized carbons (Fsp3) is 0.364. The van der Waals surface area contributed by atoms with E-state index in [4.69, 9.17) is 9.15 Å². The summed E-state index contributed by atoms with van der Waals surface area (Å²) in [7, 11) is 1.66. The number of thiazole rings is 1. The Morgan fingerprint density at radius 2 is 1.97 bits per heavy atom. The third-order valence-corrected chi connectivity index (χ3v) is 6.09. The molecule has 3 aromatic rings. The summed E-state index contributed by atoms with van der Waals surface area (Å²) in [5, 5.41) is 3.00. The van der Waals surface area contributed by atoms with Crippen LogP contribution in [0, 0.1) is 0 Å². The molecule has 0 saturated carbocycles. The lowest BCUT2D eigenvalue weighted by Gasteiger charge is -2.34. The van der Waals surface area contributed by atoms with Crippen LogP contribution in [0.4, 0.5) is 0 Å². The van der Waals surface area contributed by atoms with Gasteiger partial charge in [0.05, 0.1) is 19.1 Å². The maximum Gasteiger partial charge on any atom is 0.222 e. The van der Waals surface area contributed by atoms with Crippen LogP contribution in [0.25, 0.3) is 10.8 Å². The highest BCUT2D eigenvalue weighted by molar-refractivity contribution is 7.13. The molecule has 7 heteroatoms. The largest absolute Gasteiger partial charge is 0.497 e. The van der Waals surface area contributed by atoms with E-state index in [9.17, 15) is 4.79 Å². The number of nitrogens with zero attached hydrogens (tertiary/aromatic N) is 3. The van der Waals surface area contributed by atoms with Crippen LogP contribution in [0.5, 0.6) is 5.75 Å². The first-order chi connectivity index (χ1) is 14.2. The van der Waals surface area contributed by atoms with Crippen molar-refractivity contribution in [2.24, 2.45) is 0 Å². The topological polar surface area (TPSA) is 58.8 Å². The zero-order valence-electron chi connectivity index (χ0n) is 16.5. The van der Waals surface area contributed by atoms with Crippen molar-refractivity contribution in [2.45, 2.75) is 19.4 Å². The number of benzene rings is 1. The number of ether oxygens (including phenoxy) is 1. The molecular weight excluding hydrogens is 386 g/mol. The molecular formula is C22H25N3O3S. The van der Waals surface area contributed by atoms with Gasteiger partial charge < -0.3 is 14.1 Å². The molecule has 0 spiro atoms. The van der Waals surface area contributed by atoms with E-state index in [1.165, 1.54) is 0 Å². The zero-order valence-corrected chi connectivity index (χ0v) is 17.4. The number of carbonyl (C=O) groups excluding carboxylic acids is 1. The molecule has 152 valence electrons. The summed E-state index contributed by atoms with van der Waals surface area (Å²) in [6, 6.07) is 11.7. The molecule has 0 unspecified atom stereocenters. The van der Waals surface area contributed by atoms with Crippen molar-refractivity contribution in [3.05, 3.63) is 59.3 Å². The highest BCUT2D eigenvalue weighted by atomic mass is 32.1. The molecule has 0 N–H and O–H groups in total. The molecule has 1 amide bonds. The molecule has 1 aromatic carbocycles. The van der Waals surface area contributed by atoms with Crippen LogP contribution in [0.15, 0.2) is 52.5 Å². The first kappa shape index (κ1) is 19.7. The molecule has 0 bridgehead atoms. The summed E-state index contributed by atoms with van der Waals surface area (Å²) in [6.07, 6.45) is 2.98. The Bertz CT molecular complexity index is 913. The smallest absolute Gasteiger partial charge is 0.222 e. The second kappa shape index (κ2) is 9.24. The Morgan fingerprint density at radius 1 is 1.17 bits per heavy atom. The number of carbonyl (C=O) groups is 1. The Kier molecular flexibility index (Phi) is 6.27. The molecule has 1 aliphatic heterocycles. The van der Waals surface area contributed by atoms with Gasteiger partial charge in [-0.05, 0) is 36.2 Å². The number of hydrogen-bond donors (Lipinski definition) is 0.